The van der Waals surface area contributed by atoms with Crippen LogP contribution in [0.5, 0.6) is 0 Å². The van der Waals surface area contributed by atoms with E-state index in [9.17, 15) is 9.59 Å². The van der Waals surface area contributed by atoms with Gasteiger partial charge in [-0.25, -0.2) is 0 Å². The highest BCUT2D eigenvalue weighted by Crippen LogP contribution is 2.19. The van der Waals surface area contributed by atoms with Gasteiger partial charge in [-0.05, 0) is 47.2 Å². The number of carbonyl (C=O) groups excluding carboxylic acids is 2. The van der Waals surface area contributed by atoms with Crippen molar-refractivity contribution in [3.63, 3.8) is 0 Å². The molecular formula is C26H27NO3. The second kappa shape index (κ2) is 11.0. The fourth-order valence-corrected chi connectivity index (χ4v) is 3.14. The van der Waals surface area contributed by atoms with Crippen LogP contribution in [0, 0.1) is 0 Å². The summed E-state index contributed by atoms with van der Waals surface area (Å²) in [6.07, 6.45) is 3.47. The van der Waals surface area contributed by atoms with Crippen LogP contribution >= 0.6 is 0 Å². The molecule has 0 bridgehead atoms. The Morgan fingerprint density at radius 2 is 1.43 bits per heavy atom. The van der Waals surface area contributed by atoms with Crippen molar-refractivity contribution in [1.29, 1.82) is 0 Å². The summed E-state index contributed by atoms with van der Waals surface area (Å²) in [7, 11) is 0. The van der Waals surface area contributed by atoms with E-state index in [2.05, 4.69) is 12.2 Å². The summed E-state index contributed by atoms with van der Waals surface area (Å²) in [4.78, 5) is 24.1. The zero-order valence-electron chi connectivity index (χ0n) is 17.3. The molecule has 0 aliphatic carbocycles. The number of amides is 1. The zero-order valence-corrected chi connectivity index (χ0v) is 17.3. The predicted molar refractivity (Wildman–Crippen MR) is 120 cm³/mol. The number of anilines is 1. The van der Waals surface area contributed by atoms with Gasteiger partial charge in [0, 0.05) is 5.69 Å². The number of unbranched alkanes of at least 4 members (excludes halogenated alkanes) is 1. The Hall–Kier alpha value is -3.40. The molecule has 3 aromatic rings. The molecule has 0 heterocycles. The second-order valence-electron chi connectivity index (χ2n) is 7.25. The highest BCUT2D eigenvalue weighted by atomic mass is 16.5. The van der Waals surface area contributed by atoms with Crippen molar-refractivity contribution in [2.24, 2.45) is 0 Å². The standard InChI is InChI=1S/C26H27NO3/c1-2-3-7-20-12-16-24(17-13-20)27-25(28)19-30-26(29)18-21-10-14-23(15-11-21)22-8-5-4-6-9-22/h4-6,8-17H,2-3,7,18-19H2,1H3,(H,27,28). The molecule has 154 valence electrons. The Bertz CT molecular complexity index is 948. The van der Waals surface area contributed by atoms with Gasteiger partial charge in [-0.1, -0.05) is 80.1 Å². The fraction of sp³-hybridized carbons (Fsp3) is 0.231. The maximum Gasteiger partial charge on any atom is 0.310 e. The number of esters is 1. The highest BCUT2D eigenvalue weighted by Gasteiger charge is 2.09. The van der Waals surface area contributed by atoms with Gasteiger partial charge in [-0.2, -0.15) is 0 Å². The van der Waals surface area contributed by atoms with Gasteiger partial charge in [-0.15, -0.1) is 0 Å². The molecule has 0 aliphatic rings. The minimum atomic E-state index is -0.424. The first-order chi connectivity index (χ1) is 14.6. The summed E-state index contributed by atoms with van der Waals surface area (Å²) in [5.41, 5.74) is 5.02. The van der Waals surface area contributed by atoms with Gasteiger partial charge >= 0.3 is 5.97 Å². The molecule has 0 saturated heterocycles. The topological polar surface area (TPSA) is 55.4 Å². The molecule has 0 atom stereocenters. The number of carbonyl (C=O) groups is 2. The smallest absolute Gasteiger partial charge is 0.310 e. The first-order valence-corrected chi connectivity index (χ1v) is 10.3. The van der Waals surface area contributed by atoms with Gasteiger partial charge in [-0.3, -0.25) is 9.59 Å². The molecule has 3 rings (SSSR count). The molecule has 0 unspecified atom stereocenters. The maximum absolute atomic E-state index is 12.1. The minimum absolute atomic E-state index is 0.133. The van der Waals surface area contributed by atoms with Crippen LogP contribution in [0.4, 0.5) is 5.69 Å². The zero-order chi connectivity index (χ0) is 21.2. The molecule has 3 aromatic carbocycles. The van der Waals surface area contributed by atoms with Crippen molar-refractivity contribution >= 4 is 17.6 Å². The van der Waals surface area contributed by atoms with Crippen molar-refractivity contribution in [3.05, 3.63) is 90.0 Å². The van der Waals surface area contributed by atoms with Crippen LogP contribution in [0.1, 0.15) is 30.9 Å². The molecule has 4 nitrogen and oxygen atoms in total. The lowest BCUT2D eigenvalue weighted by Gasteiger charge is -2.08. The normalized spacial score (nSPS) is 10.4. The van der Waals surface area contributed by atoms with E-state index >= 15 is 0 Å². The van der Waals surface area contributed by atoms with Crippen LogP contribution in [0.25, 0.3) is 11.1 Å². The number of hydrogen-bond donors (Lipinski definition) is 1. The largest absolute Gasteiger partial charge is 0.455 e. The lowest BCUT2D eigenvalue weighted by Crippen LogP contribution is -2.21. The van der Waals surface area contributed by atoms with Crippen molar-refractivity contribution < 1.29 is 14.3 Å². The Kier molecular flexibility index (Phi) is 7.78. The number of ether oxygens (including phenoxy) is 1. The summed E-state index contributed by atoms with van der Waals surface area (Å²) in [6, 6.07) is 25.6. The molecule has 0 spiro atoms. The highest BCUT2D eigenvalue weighted by molar-refractivity contribution is 5.92. The molecule has 4 heteroatoms. The third kappa shape index (κ3) is 6.59. The maximum atomic E-state index is 12.1. The van der Waals surface area contributed by atoms with Crippen molar-refractivity contribution in [1.82, 2.24) is 0 Å². The van der Waals surface area contributed by atoms with Gasteiger partial charge in [0.1, 0.15) is 0 Å². The lowest BCUT2D eigenvalue weighted by molar-refractivity contribution is -0.146. The SMILES string of the molecule is CCCCc1ccc(NC(=O)COC(=O)Cc2ccc(-c3ccccc3)cc2)cc1. The monoisotopic (exact) mass is 401 g/mol. The predicted octanol–water partition coefficient (Wildman–Crippen LogP) is 5.42. The second-order valence-corrected chi connectivity index (χ2v) is 7.25. The summed E-state index contributed by atoms with van der Waals surface area (Å²) < 4.78 is 5.12. The molecule has 30 heavy (non-hydrogen) atoms. The molecule has 1 N–H and O–H groups in total. The molecule has 0 radical (unpaired) electrons. The molecule has 0 saturated carbocycles. The molecule has 0 fully saturated rings. The minimum Gasteiger partial charge on any atom is -0.455 e. The van der Waals surface area contributed by atoms with Crippen LogP contribution in [0.2, 0.25) is 0 Å². The number of benzene rings is 3. The Morgan fingerprint density at radius 3 is 2.10 bits per heavy atom. The van der Waals surface area contributed by atoms with E-state index in [-0.39, 0.29) is 18.9 Å². The van der Waals surface area contributed by atoms with Gasteiger partial charge < -0.3 is 10.1 Å². The molecule has 0 aliphatic heterocycles. The molecule has 0 aromatic heterocycles. The number of aryl methyl sites for hydroxylation is 1. The van der Waals surface area contributed by atoms with Crippen LogP contribution in [0.15, 0.2) is 78.9 Å². The van der Waals surface area contributed by atoms with Crippen molar-refractivity contribution in [2.45, 2.75) is 32.6 Å². The third-order valence-electron chi connectivity index (χ3n) is 4.83. The van der Waals surface area contributed by atoms with Crippen LogP contribution < -0.4 is 5.32 Å². The third-order valence-corrected chi connectivity index (χ3v) is 4.83. The summed E-state index contributed by atoms with van der Waals surface area (Å²) >= 11 is 0. The van der Waals surface area contributed by atoms with Crippen LogP contribution in [0.3, 0.4) is 0 Å². The van der Waals surface area contributed by atoms with E-state index in [0.29, 0.717) is 5.69 Å². The van der Waals surface area contributed by atoms with Gasteiger partial charge in [0.15, 0.2) is 6.61 Å². The summed E-state index contributed by atoms with van der Waals surface area (Å²) in [5.74, 6) is -0.767. The van der Waals surface area contributed by atoms with Gasteiger partial charge in [0.25, 0.3) is 5.91 Å². The Labute approximate surface area is 177 Å². The van der Waals surface area contributed by atoms with E-state index in [0.717, 1.165) is 36.0 Å². The first-order valence-electron chi connectivity index (χ1n) is 10.3. The van der Waals surface area contributed by atoms with Gasteiger partial charge in [0.05, 0.1) is 6.42 Å². The number of nitrogens with one attached hydrogen (secondary N) is 1. The van der Waals surface area contributed by atoms with E-state index < -0.39 is 5.97 Å². The fourth-order valence-electron chi connectivity index (χ4n) is 3.14. The number of hydrogen-bond acceptors (Lipinski definition) is 3. The van der Waals surface area contributed by atoms with E-state index in [1.807, 2.05) is 78.9 Å². The van der Waals surface area contributed by atoms with Crippen LogP contribution in [-0.4, -0.2) is 18.5 Å². The Morgan fingerprint density at radius 1 is 0.800 bits per heavy atom. The summed E-state index contributed by atoms with van der Waals surface area (Å²) in [6.45, 7) is 1.87. The van der Waals surface area contributed by atoms with Crippen LogP contribution in [-0.2, 0) is 27.2 Å². The number of rotatable bonds is 9. The first kappa shape index (κ1) is 21.3. The average Bonchev–Trinajstić information content (AvgIpc) is 2.78. The summed E-state index contributed by atoms with van der Waals surface area (Å²) in [5, 5.41) is 2.75. The Balaban J connectivity index is 1.43. The molecule has 1 amide bonds. The van der Waals surface area contributed by atoms with E-state index in [1.54, 1.807) is 0 Å². The average molecular weight is 402 g/mol. The lowest BCUT2D eigenvalue weighted by atomic mass is 10.0. The van der Waals surface area contributed by atoms with Crippen molar-refractivity contribution in [2.75, 3.05) is 11.9 Å². The quantitative estimate of drug-likeness (QED) is 0.487. The van der Waals surface area contributed by atoms with Crippen molar-refractivity contribution in [3.8, 4) is 11.1 Å². The van der Waals surface area contributed by atoms with E-state index in [4.69, 9.17) is 4.74 Å². The molecular weight excluding hydrogens is 374 g/mol. The van der Waals surface area contributed by atoms with Gasteiger partial charge in [0.2, 0.25) is 0 Å². The van der Waals surface area contributed by atoms with E-state index in [1.165, 1.54) is 5.56 Å².